The van der Waals surface area contributed by atoms with Crippen LogP contribution in [-0.2, 0) is 33.2 Å². The zero-order valence-electron chi connectivity index (χ0n) is 36.9. The number of hydrogen-bond donors (Lipinski definition) is 2. The van der Waals surface area contributed by atoms with Gasteiger partial charge < -0.3 is 38.6 Å². The number of hydrogen-bond acceptors (Lipinski definition) is 11. The molecule has 11 heteroatoms. The molecule has 59 heavy (non-hydrogen) atoms. The molecule has 7 bridgehead atoms. The summed E-state index contributed by atoms with van der Waals surface area (Å²) < 4.78 is 39.0. The van der Waals surface area contributed by atoms with Gasteiger partial charge in [0.25, 0.3) is 0 Å². The summed E-state index contributed by atoms with van der Waals surface area (Å²) >= 11 is 0. The predicted molar refractivity (Wildman–Crippen MR) is 224 cm³/mol. The zero-order valence-corrected chi connectivity index (χ0v) is 36.9. The van der Waals surface area contributed by atoms with Gasteiger partial charge in [0.15, 0.2) is 5.60 Å². The molecule has 14 atom stereocenters. The van der Waals surface area contributed by atoms with Crippen molar-refractivity contribution >= 4 is 11.9 Å². The number of carbonyl (C=O) groups excluding carboxylic acids is 2. The molecule has 1 aromatic rings. The minimum absolute atomic E-state index is 0.107. The molecule has 0 aromatic heterocycles. The fraction of sp³-hybridized carbons (Fsp3) is 0.833. The van der Waals surface area contributed by atoms with Crippen LogP contribution >= 0.6 is 0 Å². The highest BCUT2D eigenvalue weighted by Crippen LogP contribution is 2.80. The van der Waals surface area contributed by atoms with Gasteiger partial charge in [-0.05, 0) is 50.3 Å². The number of nitrogens with zero attached hydrogens (tertiary/aromatic N) is 1. The molecule has 1 aliphatic heterocycles. The van der Waals surface area contributed by atoms with Crippen LogP contribution in [0.2, 0.25) is 0 Å². The Balaban J connectivity index is 1.21. The number of rotatable bonds is 23. The normalized spacial score (nSPS) is 40.3. The van der Waals surface area contributed by atoms with E-state index in [1.54, 1.807) is 45.6 Å². The summed E-state index contributed by atoms with van der Waals surface area (Å²) in [6, 6.07) is 8.56. The molecule has 0 radical (unpaired) electrons. The summed E-state index contributed by atoms with van der Waals surface area (Å²) in [5.41, 5.74) is -3.96. The first kappa shape index (κ1) is 44.9. The van der Waals surface area contributed by atoms with Gasteiger partial charge >= 0.3 is 11.9 Å². The summed E-state index contributed by atoms with van der Waals surface area (Å²) in [4.78, 5) is 31.1. The average Bonchev–Trinajstić information content (AvgIpc) is 3.62. The molecule has 7 rings (SSSR count). The second kappa shape index (κ2) is 18.7. The molecule has 0 amide bonds. The number of methoxy groups -OCH3 is 4. The summed E-state index contributed by atoms with van der Waals surface area (Å²) in [6.45, 7) is 6.41. The lowest BCUT2D eigenvalue weighted by Crippen LogP contribution is -2.81. The van der Waals surface area contributed by atoms with Crippen LogP contribution in [0, 0.1) is 34.5 Å². The highest BCUT2D eigenvalue weighted by molar-refractivity contribution is 5.89. The molecule has 1 saturated heterocycles. The second-order valence-corrected chi connectivity index (χ2v) is 19.2. The quantitative estimate of drug-likeness (QED) is 0.0863. The van der Waals surface area contributed by atoms with E-state index in [0.717, 1.165) is 45.2 Å². The highest BCUT2D eigenvalue weighted by atomic mass is 16.6. The molecular formula is C48H75NO10. The van der Waals surface area contributed by atoms with Crippen molar-refractivity contribution in [2.75, 3.05) is 48.1 Å². The van der Waals surface area contributed by atoms with E-state index in [4.69, 9.17) is 28.4 Å². The number of piperidine rings is 1. The van der Waals surface area contributed by atoms with E-state index in [0.29, 0.717) is 18.6 Å². The summed E-state index contributed by atoms with van der Waals surface area (Å²) in [5, 5.41) is 26.1. The van der Waals surface area contributed by atoms with E-state index in [1.807, 2.05) is 6.07 Å². The average molecular weight is 826 g/mol. The molecule has 6 fully saturated rings. The van der Waals surface area contributed by atoms with Gasteiger partial charge in [0.2, 0.25) is 0 Å². The predicted octanol–water partition coefficient (Wildman–Crippen LogP) is 7.14. The van der Waals surface area contributed by atoms with Crippen molar-refractivity contribution in [3.05, 3.63) is 35.9 Å². The Bertz CT molecular complexity index is 1560. The lowest BCUT2D eigenvalue weighted by atomic mass is 9.43. The van der Waals surface area contributed by atoms with Crippen molar-refractivity contribution in [2.24, 2.45) is 34.5 Å². The molecule has 1 aromatic carbocycles. The van der Waals surface area contributed by atoms with E-state index in [-0.39, 0.29) is 48.2 Å². The number of esters is 2. The SMILES string of the molecule is CCCCCCCCCCCCCCCC(=O)O[C@]12[C@H]3[C@@H](OC(=O)c4ccccc4)[C@](O)(C[C@H]3[C@@]34C5[C@@H]1[C@H](OC)[C@@H]3[C@@](COC)(CC[C@@H]4OC)CN5CC)[C@@H](OC)[C@@H]2O. The number of aliphatic hydroxyl groups is 2. The molecule has 2 N–H and O–H groups in total. The molecule has 1 unspecified atom stereocenters. The van der Waals surface area contributed by atoms with E-state index in [1.165, 1.54) is 64.9 Å². The zero-order chi connectivity index (χ0) is 42.0. The molecule has 5 aliphatic carbocycles. The first-order valence-corrected chi connectivity index (χ1v) is 23.3. The highest BCUT2D eigenvalue weighted by Gasteiger charge is 2.91. The van der Waals surface area contributed by atoms with E-state index < -0.39 is 58.8 Å². The third kappa shape index (κ3) is 7.22. The molecular weight excluding hydrogens is 751 g/mol. The lowest BCUT2D eigenvalue weighted by Gasteiger charge is -2.69. The fourth-order valence-corrected chi connectivity index (χ4v) is 14.6. The van der Waals surface area contributed by atoms with Gasteiger partial charge in [0, 0.05) is 76.0 Å². The van der Waals surface area contributed by atoms with Crippen molar-refractivity contribution in [3.8, 4) is 0 Å². The number of aliphatic hydroxyl groups excluding tert-OH is 1. The van der Waals surface area contributed by atoms with E-state index in [2.05, 4.69) is 18.7 Å². The van der Waals surface area contributed by atoms with Gasteiger partial charge in [-0.15, -0.1) is 0 Å². The van der Waals surface area contributed by atoms with Gasteiger partial charge in [-0.1, -0.05) is 109 Å². The standard InChI is InChI=1S/C48H75NO10/c1-7-9-10-11-12-13-14-15-16-17-18-19-23-26-35(50)59-48-36-33(29-46(53,43(57-6)41(48)51)42(36)58-44(52)32-24-21-20-22-25-32)47-34(55-4)27-28-45(31-54-3)30-49(8-2)40(47)37(48)38(56-5)39(45)47/h20-22,24-25,33-34,36-43,51,53H,7-19,23,26-31H2,1-6H3/t33-,34+,36-,37+,38+,39-,40?,41+,42-,43+,45+,46-,47+,48-/m1/s1. The Hall–Kier alpha value is -2.12. The molecule has 11 nitrogen and oxygen atoms in total. The Morgan fingerprint density at radius 2 is 1.46 bits per heavy atom. The number of likely N-dealkylation sites (tertiary alicyclic amines) is 1. The first-order chi connectivity index (χ1) is 28.6. The molecule has 6 aliphatic rings. The Labute approximate surface area is 353 Å². The first-order valence-electron chi connectivity index (χ1n) is 23.3. The minimum Gasteiger partial charge on any atom is -0.455 e. The van der Waals surface area contributed by atoms with Gasteiger partial charge in [0.1, 0.15) is 23.9 Å². The van der Waals surface area contributed by atoms with Gasteiger partial charge in [-0.3, -0.25) is 9.69 Å². The van der Waals surface area contributed by atoms with Crippen molar-refractivity contribution in [3.63, 3.8) is 0 Å². The number of benzene rings is 1. The van der Waals surface area contributed by atoms with E-state index in [9.17, 15) is 19.8 Å². The number of carbonyl (C=O) groups is 2. The maximum Gasteiger partial charge on any atom is 0.338 e. The van der Waals surface area contributed by atoms with Crippen LogP contribution in [0.5, 0.6) is 0 Å². The van der Waals surface area contributed by atoms with Crippen LogP contribution < -0.4 is 0 Å². The maximum atomic E-state index is 14.5. The Morgan fingerprint density at radius 3 is 2.03 bits per heavy atom. The van der Waals surface area contributed by atoms with Gasteiger partial charge in [-0.2, -0.15) is 0 Å². The van der Waals surface area contributed by atoms with E-state index >= 15 is 0 Å². The van der Waals surface area contributed by atoms with Crippen LogP contribution in [0.1, 0.15) is 133 Å². The lowest BCUT2D eigenvalue weighted by molar-refractivity contribution is -0.318. The number of unbranched alkanes of at least 4 members (excludes halogenated alkanes) is 12. The maximum absolute atomic E-state index is 14.5. The van der Waals surface area contributed by atoms with Crippen LogP contribution in [0.25, 0.3) is 0 Å². The van der Waals surface area contributed by atoms with Crippen LogP contribution in [0.3, 0.4) is 0 Å². The van der Waals surface area contributed by atoms with Crippen LogP contribution in [0.15, 0.2) is 30.3 Å². The largest absolute Gasteiger partial charge is 0.455 e. The smallest absolute Gasteiger partial charge is 0.338 e. The Kier molecular flexibility index (Phi) is 14.2. The third-order valence-corrected chi connectivity index (χ3v) is 16.5. The number of ether oxygens (including phenoxy) is 6. The molecule has 5 saturated carbocycles. The van der Waals surface area contributed by atoms with Crippen molar-refractivity contribution in [1.82, 2.24) is 4.90 Å². The monoisotopic (exact) mass is 826 g/mol. The van der Waals surface area contributed by atoms with Crippen molar-refractivity contribution in [2.45, 2.75) is 171 Å². The summed E-state index contributed by atoms with van der Waals surface area (Å²) in [5.74, 6) is -2.76. The van der Waals surface area contributed by atoms with Crippen molar-refractivity contribution < 1.29 is 48.2 Å². The van der Waals surface area contributed by atoms with Crippen LogP contribution in [0.4, 0.5) is 0 Å². The fourth-order valence-electron chi connectivity index (χ4n) is 14.6. The minimum atomic E-state index is -1.77. The molecule has 1 heterocycles. The molecule has 1 spiro atoms. The van der Waals surface area contributed by atoms with Crippen LogP contribution in [-0.4, -0.2) is 123 Å². The topological polar surface area (TPSA) is 133 Å². The number of fused-ring (bicyclic) bond motifs is 2. The Morgan fingerprint density at radius 1 is 0.814 bits per heavy atom. The van der Waals surface area contributed by atoms with Crippen molar-refractivity contribution in [1.29, 1.82) is 0 Å². The molecule has 332 valence electrons. The van der Waals surface area contributed by atoms with Gasteiger partial charge in [0.05, 0.1) is 24.4 Å². The summed E-state index contributed by atoms with van der Waals surface area (Å²) in [7, 11) is 6.73. The third-order valence-electron chi connectivity index (χ3n) is 16.5. The van der Waals surface area contributed by atoms with Gasteiger partial charge in [-0.25, -0.2) is 4.79 Å². The summed E-state index contributed by atoms with van der Waals surface area (Å²) in [6.07, 6.45) is 13.1. The second-order valence-electron chi connectivity index (χ2n) is 19.2.